The third-order valence-electron chi connectivity index (χ3n) is 3.99. The molecule has 2 aromatic rings. The molecule has 1 amide bonds. The number of benzene rings is 1. The van der Waals surface area contributed by atoms with Crippen molar-refractivity contribution in [1.29, 1.82) is 0 Å². The Labute approximate surface area is 130 Å². The summed E-state index contributed by atoms with van der Waals surface area (Å²) in [4.78, 5) is 17.4. The van der Waals surface area contributed by atoms with E-state index in [0.29, 0.717) is 6.54 Å². The van der Waals surface area contributed by atoms with E-state index in [1.165, 1.54) is 0 Å². The normalized spacial score (nSPS) is 21.1. The molecule has 0 spiro atoms. The number of hydrogen-bond donors (Lipinski definition) is 2. The summed E-state index contributed by atoms with van der Waals surface area (Å²) in [5, 5.41) is 0. The van der Waals surface area contributed by atoms with E-state index < -0.39 is 0 Å². The van der Waals surface area contributed by atoms with Gasteiger partial charge in [0.2, 0.25) is 0 Å². The van der Waals surface area contributed by atoms with Crippen LogP contribution in [0.2, 0.25) is 0 Å². The van der Waals surface area contributed by atoms with Gasteiger partial charge in [-0.05, 0) is 31.0 Å². The van der Waals surface area contributed by atoms with Crippen LogP contribution in [0.1, 0.15) is 29.4 Å². The molecule has 3 rings (SSSR count). The smallest absolute Gasteiger partial charge is 0.410 e. The van der Waals surface area contributed by atoms with Crippen molar-refractivity contribution in [2.24, 2.45) is 5.73 Å². The quantitative estimate of drug-likeness (QED) is 0.915. The predicted molar refractivity (Wildman–Crippen MR) is 84.2 cm³/mol. The number of amides is 1. The molecule has 2 heterocycles. The van der Waals surface area contributed by atoms with Gasteiger partial charge in [-0.15, -0.1) is 0 Å². The van der Waals surface area contributed by atoms with E-state index in [9.17, 15) is 4.79 Å². The number of aromatic nitrogens is 1. The number of carbonyl (C=O) groups is 1. The highest BCUT2D eigenvalue weighted by Crippen LogP contribution is 2.31. The number of carbonyl (C=O) groups excluding carboxylic acids is 1. The van der Waals surface area contributed by atoms with Gasteiger partial charge < -0.3 is 15.5 Å². The Bertz CT molecular complexity index is 638. The number of nitrogens with two attached hydrogens (primary N) is 1. The first-order valence-corrected chi connectivity index (χ1v) is 7.52. The molecule has 116 valence electrons. The summed E-state index contributed by atoms with van der Waals surface area (Å²) >= 11 is 0. The fourth-order valence-electron chi connectivity index (χ4n) is 2.89. The van der Waals surface area contributed by atoms with Crippen molar-refractivity contribution in [2.45, 2.75) is 32.0 Å². The standard InChI is InChI=1S/C17H21N3O2/c1-12-7-8-15(19-12)16-9-14(18)10-20(16)17(21)22-11-13-5-3-2-4-6-13/h2-8,14,16,19H,9-11,18H2,1H3/t14-,16-/m0/s1. The minimum Gasteiger partial charge on any atom is -0.445 e. The SMILES string of the molecule is Cc1ccc([C@@H]2C[C@H](N)CN2C(=O)OCc2ccccc2)[nH]1. The first-order valence-electron chi connectivity index (χ1n) is 7.52. The molecule has 1 aliphatic rings. The van der Waals surface area contributed by atoms with Gasteiger partial charge in [-0.3, -0.25) is 4.90 Å². The predicted octanol–water partition coefficient (Wildman–Crippen LogP) is 2.73. The molecule has 0 bridgehead atoms. The van der Waals surface area contributed by atoms with Crippen molar-refractivity contribution in [1.82, 2.24) is 9.88 Å². The van der Waals surface area contributed by atoms with Crippen LogP contribution >= 0.6 is 0 Å². The lowest BCUT2D eigenvalue weighted by Gasteiger charge is -2.23. The molecule has 1 fully saturated rings. The van der Waals surface area contributed by atoms with Crippen LogP contribution in [0.3, 0.4) is 0 Å². The van der Waals surface area contributed by atoms with E-state index in [4.69, 9.17) is 10.5 Å². The number of H-pyrrole nitrogens is 1. The lowest BCUT2D eigenvalue weighted by atomic mass is 10.1. The zero-order chi connectivity index (χ0) is 15.5. The topological polar surface area (TPSA) is 71.3 Å². The van der Waals surface area contributed by atoms with E-state index >= 15 is 0 Å². The third-order valence-corrected chi connectivity index (χ3v) is 3.99. The number of likely N-dealkylation sites (tertiary alicyclic amines) is 1. The fraction of sp³-hybridized carbons (Fsp3) is 0.353. The largest absolute Gasteiger partial charge is 0.445 e. The lowest BCUT2D eigenvalue weighted by Crippen LogP contribution is -2.33. The van der Waals surface area contributed by atoms with Crippen LogP contribution in [0.25, 0.3) is 0 Å². The summed E-state index contributed by atoms with van der Waals surface area (Å²) in [5.41, 5.74) is 9.11. The van der Waals surface area contributed by atoms with Gasteiger partial charge in [0.15, 0.2) is 0 Å². The van der Waals surface area contributed by atoms with Crippen molar-refractivity contribution in [3.05, 3.63) is 59.4 Å². The summed E-state index contributed by atoms with van der Waals surface area (Å²) in [6.07, 6.45) is 0.439. The molecular formula is C17H21N3O2. The summed E-state index contributed by atoms with van der Waals surface area (Å²) in [7, 11) is 0. The first-order chi connectivity index (χ1) is 10.6. The summed E-state index contributed by atoms with van der Waals surface area (Å²) in [6, 6.07) is 13.6. The second kappa shape index (κ2) is 6.23. The summed E-state index contributed by atoms with van der Waals surface area (Å²) in [6.45, 7) is 2.80. The Kier molecular flexibility index (Phi) is 4.15. The molecule has 22 heavy (non-hydrogen) atoms. The maximum Gasteiger partial charge on any atom is 0.410 e. The van der Waals surface area contributed by atoms with Crippen molar-refractivity contribution >= 4 is 6.09 Å². The van der Waals surface area contributed by atoms with E-state index in [0.717, 1.165) is 23.4 Å². The number of aromatic amines is 1. The Morgan fingerprint density at radius 2 is 2.09 bits per heavy atom. The number of nitrogens with zero attached hydrogens (tertiary/aromatic N) is 1. The second-order valence-electron chi connectivity index (χ2n) is 5.80. The summed E-state index contributed by atoms with van der Waals surface area (Å²) < 4.78 is 5.44. The van der Waals surface area contributed by atoms with Gasteiger partial charge in [0.25, 0.3) is 0 Å². The molecule has 1 aromatic carbocycles. The van der Waals surface area contributed by atoms with Gasteiger partial charge >= 0.3 is 6.09 Å². The Morgan fingerprint density at radius 3 is 2.77 bits per heavy atom. The van der Waals surface area contributed by atoms with E-state index in [2.05, 4.69) is 4.98 Å². The number of nitrogens with one attached hydrogen (secondary N) is 1. The molecule has 3 N–H and O–H groups in total. The van der Waals surface area contributed by atoms with E-state index in [-0.39, 0.29) is 24.8 Å². The number of aryl methyl sites for hydroxylation is 1. The zero-order valence-corrected chi connectivity index (χ0v) is 12.7. The molecule has 0 unspecified atom stereocenters. The van der Waals surface area contributed by atoms with Gasteiger partial charge in [0, 0.05) is 24.0 Å². The minimum atomic E-state index is -0.311. The van der Waals surface area contributed by atoms with Crippen LogP contribution in [-0.2, 0) is 11.3 Å². The zero-order valence-electron chi connectivity index (χ0n) is 12.7. The molecule has 0 radical (unpaired) electrons. The number of rotatable bonds is 3. The molecule has 5 nitrogen and oxygen atoms in total. The average Bonchev–Trinajstić information content (AvgIpc) is 3.11. The van der Waals surface area contributed by atoms with Crippen LogP contribution in [0.15, 0.2) is 42.5 Å². The van der Waals surface area contributed by atoms with Crippen LogP contribution in [0, 0.1) is 6.92 Å². The first kappa shape index (κ1) is 14.7. The van der Waals surface area contributed by atoms with Crippen LogP contribution in [-0.4, -0.2) is 28.6 Å². The molecule has 2 atom stereocenters. The molecule has 0 saturated carbocycles. The number of hydrogen-bond acceptors (Lipinski definition) is 3. The van der Waals surface area contributed by atoms with Gasteiger partial charge in [0.05, 0.1) is 6.04 Å². The molecule has 1 aromatic heterocycles. The Morgan fingerprint density at radius 1 is 1.32 bits per heavy atom. The lowest BCUT2D eigenvalue weighted by molar-refractivity contribution is 0.0913. The third kappa shape index (κ3) is 3.14. The van der Waals surface area contributed by atoms with Gasteiger partial charge in [-0.1, -0.05) is 30.3 Å². The van der Waals surface area contributed by atoms with Crippen LogP contribution in [0.5, 0.6) is 0 Å². The van der Waals surface area contributed by atoms with Crippen LogP contribution in [0.4, 0.5) is 4.79 Å². The highest BCUT2D eigenvalue weighted by Gasteiger charge is 2.36. The van der Waals surface area contributed by atoms with Gasteiger partial charge in [-0.2, -0.15) is 0 Å². The maximum absolute atomic E-state index is 12.4. The van der Waals surface area contributed by atoms with E-state index in [1.54, 1.807) is 4.90 Å². The fourth-order valence-corrected chi connectivity index (χ4v) is 2.89. The molecular weight excluding hydrogens is 278 g/mol. The van der Waals surface area contributed by atoms with E-state index in [1.807, 2.05) is 49.4 Å². The van der Waals surface area contributed by atoms with Crippen molar-refractivity contribution in [3.8, 4) is 0 Å². The Hall–Kier alpha value is -2.27. The van der Waals surface area contributed by atoms with Gasteiger partial charge in [-0.25, -0.2) is 4.79 Å². The van der Waals surface area contributed by atoms with Crippen molar-refractivity contribution < 1.29 is 9.53 Å². The minimum absolute atomic E-state index is 0.0159. The highest BCUT2D eigenvalue weighted by atomic mass is 16.6. The van der Waals surface area contributed by atoms with Crippen molar-refractivity contribution in [2.75, 3.05) is 6.54 Å². The highest BCUT2D eigenvalue weighted by molar-refractivity contribution is 5.69. The monoisotopic (exact) mass is 299 g/mol. The Balaban J connectivity index is 1.67. The average molecular weight is 299 g/mol. The second-order valence-corrected chi connectivity index (χ2v) is 5.80. The molecule has 0 aliphatic carbocycles. The van der Waals surface area contributed by atoms with Crippen LogP contribution < -0.4 is 5.73 Å². The number of ether oxygens (including phenoxy) is 1. The molecule has 1 aliphatic heterocycles. The molecule has 5 heteroatoms. The maximum atomic E-state index is 12.4. The molecule has 1 saturated heterocycles. The summed E-state index contributed by atoms with van der Waals surface area (Å²) in [5.74, 6) is 0. The van der Waals surface area contributed by atoms with Gasteiger partial charge in [0.1, 0.15) is 6.61 Å². The van der Waals surface area contributed by atoms with Crippen molar-refractivity contribution in [3.63, 3.8) is 0 Å².